The van der Waals surface area contributed by atoms with Crippen molar-refractivity contribution in [2.75, 3.05) is 12.8 Å². The maximum atomic E-state index is 12.6. The Morgan fingerprint density at radius 3 is 2.80 bits per heavy atom. The van der Waals surface area contributed by atoms with E-state index in [1.165, 1.54) is 35.3 Å². The number of fused-ring (bicyclic) bond motifs is 1. The summed E-state index contributed by atoms with van der Waals surface area (Å²) in [6.07, 6.45) is 8.55. The van der Waals surface area contributed by atoms with Crippen LogP contribution in [0.2, 0.25) is 0 Å². The molecule has 0 atom stereocenters. The molecule has 2 aromatic rings. The van der Waals surface area contributed by atoms with Gasteiger partial charge in [0.1, 0.15) is 18.3 Å². The van der Waals surface area contributed by atoms with Crippen LogP contribution in [-0.4, -0.2) is 49.2 Å². The minimum atomic E-state index is -0.275. The molecule has 3 rings (SSSR count). The smallest absolute Gasteiger partial charge is 0.264 e. The molecule has 0 spiro atoms. The summed E-state index contributed by atoms with van der Waals surface area (Å²) in [4.78, 5) is 39.6. The fourth-order valence-electron chi connectivity index (χ4n) is 3.18. The molecule has 0 unspecified atom stereocenters. The van der Waals surface area contributed by atoms with E-state index in [1.54, 1.807) is 4.90 Å². The summed E-state index contributed by atoms with van der Waals surface area (Å²) in [7, 11) is 1.83. The molecule has 7 nitrogen and oxygen atoms in total. The van der Waals surface area contributed by atoms with Crippen molar-refractivity contribution in [2.24, 2.45) is 0 Å². The number of carbonyl (C=O) groups excluding carboxylic acids is 1. The van der Waals surface area contributed by atoms with Gasteiger partial charge in [-0.15, -0.1) is 0 Å². The first-order valence-corrected chi connectivity index (χ1v) is 9.69. The van der Waals surface area contributed by atoms with Crippen LogP contribution in [0.5, 0.6) is 0 Å². The van der Waals surface area contributed by atoms with Crippen LogP contribution in [0.1, 0.15) is 39.0 Å². The van der Waals surface area contributed by atoms with Crippen LogP contribution in [0.25, 0.3) is 11.0 Å². The zero-order valence-corrected chi connectivity index (χ0v) is 15.5. The Morgan fingerprint density at radius 2 is 2.08 bits per heavy atom. The van der Waals surface area contributed by atoms with Crippen molar-refractivity contribution in [3.8, 4) is 0 Å². The van der Waals surface area contributed by atoms with E-state index in [9.17, 15) is 9.59 Å². The van der Waals surface area contributed by atoms with Gasteiger partial charge in [0.05, 0.1) is 0 Å². The molecule has 0 N–H and O–H groups in total. The van der Waals surface area contributed by atoms with Crippen molar-refractivity contribution in [1.82, 2.24) is 24.4 Å². The lowest BCUT2D eigenvalue weighted by Crippen LogP contribution is -2.41. The van der Waals surface area contributed by atoms with Crippen molar-refractivity contribution >= 4 is 28.7 Å². The minimum absolute atomic E-state index is 0.000233. The first-order chi connectivity index (χ1) is 12.1. The van der Waals surface area contributed by atoms with Gasteiger partial charge in [-0.25, -0.2) is 15.0 Å². The summed E-state index contributed by atoms with van der Waals surface area (Å²) in [6, 6.07) is 0.280. The molecule has 0 bridgehead atoms. The van der Waals surface area contributed by atoms with Gasteiger partial charge in [-0.05, 0) is 18.6 Å². The molecule has 2 aromatic heterocycles. The van der Waals surface area contributed by atoms with Crippen molar-refractivity contribution in [1.29, 1.82) is 0 Å². The number of likely N-dealkylation sites (N-methyl/N-ethyl adjacent to an activating group) is 1. The predicted octanol–water partition coefficient (Wildman–Crippen LogP) is 2.09. The van der Waals surface area contributed by atoms with Gasteiger partial charge in [0.2, 0.25) is 5.91 Å². The van der Waals surface area contributed by atoms with E-state index in [4.69, 9.17) is 0 Å². The molecule has 1 fully saturated rings. The maximum Gasteiger partial charge on any atom is 0.264 e. The van der Waals surface area contributed by atoms with Crippen LogP contribution in [0.4, 0.5) is 0 Å². The number of rotatable bonds is 5. The predicted molar refractivity (Wildman–Crippen MR) is 97.6 cm³/mol. The molecular formula is C17H23N5O2S. The van der Waals surface area contributed by atoms with E-state index in [0.29, 0.717) is 16.2 Å². The number of amides is 1. The third-order valence-corrected chi connectivity index (χ3v) is 5.40. The van der Waals surface area contributed by atoms with E-state index >= 15 is 0 Å². The molecule has 2 heterocycles. The van der Waals surface area contributed by atoms with E-state index in [-0.39, 0.29) is 24.1 Å². The molecule has 0 saturated heterocycles. The standard InChI is InChI=1S/C17H23N5O2S/c1-3-25-17-18-9-13-15(20-17)19-11-22(16(13)24)10-14(23)21(2)12-7-5-4-6-8-12/h9,11-12H,3-8,10H2,1-2H3. The van der Waals surface area contributed by atoms with Crippen LogP contribution in [-0.2, 0) is 11.3 Å². The summed E-state index contributed by atoms with van der Waals surface area (Å²) in [5, 5.41) is 0.948. The first kappa shape index (κ1) is 17.8. The van der Waals surface area contributed by atoms with E-state index in [2.05, 4.69) is 15.0 Å². The highest BCUT2D eigenvalue weighted by Gasteiger charge is 2.22. The lowest BCUT2D eigenvalue weighted by Gasteiger charge is -2.31. The lowest BCUT2D eigenvalue weighted by molar-refractivity contribution is -0.133. The maximum absolute atomic E-state index is 12.6. The number of hydrogen-bond acceptors (Lipinski definition) is 6. The number of thioether (sulfide) groups is 1. The average Bonchev–Trinajstić information content (AvgIpc) is 2.64. The van der Waals surface area contributed by atoms with Gasteiger partial charge in [0.15, 0.2) is 10.8 Å². The Bertz CT molecular complexity index is 816. The topological polar surface area (TPSA) is 81.0 Å². The highest BCUT2D eigenvalue weighted by Crippen LogP contribution is 2.21. The second-order valence-electron chi connectivity index (χ2n) is 6.30. The Labute approximate surface area is 150 Å². The average molecular weight is 361 g/mol. The summed E-state index contributed by atoms with van der Waals surface area (Å²) < 4.78 is 1.35. The van der Waals surface area contributed by atoms with Gasteiger partial charge in [-0.2, -0.15) is 0 Å². The number of hydrogen-bond donors (Lipinski definition) is 0. The second kappa shape index (κ2) is 7.95. The summed E-state index contributed by atoms with van der Waals surface area (Å²) >= 11 is 1.50. The van der Waals surface area contributed by atoms with Crippen LogP contribution in [0.3, 0.4) is 0 Å². The lowest BCUT2D eigenvalue weighted by atomic mass is 9.94. The SMILES string of the molecule is CCSc1ncc2c(=O)n(CC(=O)N(C)C3CCCCC3)cnc2n1. The fraction of sp³-hybridized carbons (Fsp3) is 0.588. The molecule has 0 aromatic carbocycles. The number of nitrogens with zero attached hydrogens (tertiary/aromatic N) is 5. The van der Waals surface area contributed by atoms with Crippen LogP contribution in [0.15, 0.2) is 22.5 Å². The second-order valence-corrected chi connectivity index (χ2v) is 7.53. The summed E-state index contributed by atoms with van der Waals surface area (Å²) in [5.41, 5.74) is 0.101. The Kier molecular flexibility index (Phi) is 5.67. The molecule has 0 radical (unpaired) electrons. The quantitative estimate of drug-likeness (QED) is 0.599. The molecular weight excluding hydrogens is 338 g/mol. The van der Waals surface area contributed by atoms with Gasteiger partial charge in [0, 0.05) is 19.3 Å². The fourth-order valence-corrected chi connectivity index (χ4v) is 3.71. The third-order valence-electron chi connectivity index (χ3n) is 4.65. The van der Waals surface area contributed by atoms with Gasteiger partial charge in [-0.3, -0.25) is 14.2 Å². The minimum Gasteiger partial charge on any atom is -0.341 e. The summed E-state index contributed by atoms with van der Waals surface area (Å²) in [5.74, 6) is 0.791. The van der Waals surface area contributed by atoms with Crippen molar-refractivity contribution < 1.29 is 4.79 Å². The molecule has 8 heteroatoms. The zero-order chi connectivity index (χ0) is 17.8. The van der Waals surface area contributed by atoms with Crippen LogP contribution in [0, 0.1) is 0 Å². The third kappa shape index (κ3) is 4.00. The Hall–Kier alpha value is -1.96. The van der Waals surface area contributed by atoms with Crippen LogP contribution >= 0.6 is 11.8 Å². The highest BCUT2D eigenvalue weighted by molar-refractivity contribution is 7.99. The van der Waals surface area contributed by atoms with Crippen molar-refractivity contribution in [3.63, 3.8) is 0 Å². The first-order valence-electron chi connectivity index (χ1n) is 8.70. The van der Waals surface area contributed by atoms with Gasteiger partial charge < -0.3 is 4.90 Å². The van der Waals surface area contributed by atoms with Gasteiger partial charge in [0.25, 0.3) is 5.56 Å². The van der Waals surface area contributed by atoms with E-state index in [1.807, 2.05) is 14.0 Å². The highest BCUT2D eigenvalue weighted by atomic mass is 32.2. The Balaban J connectivity index is 1.79. The zero-order valence-electron chi connectivity index (χ0n) is 14.6. The molecule has 25 heavy (non-hydrogen) atoms. The largest absolute Gasteiger partial charge is 0.341 e. The molecule has 0 aliphatic heterocycles. The van der Waals surface area contributed by atoms with E-state index < -0.39 is 0 Å². The Morgan fingerprint density at radius 1 is 1.32 bits per heavy atom. The van der Waals surface area contributed by atoms with Gasteiger partial charge >= 0.3 is 0 Å². The van der Waals surface area contributed by atoms with Gasteiger partial charge in [-0.1, -0.05) is 37.9 Å². The number of aromatic nitrogens is 4. The molecule has 1 saturated carbocycles. The monoisotopic (exact) mass is 361 g/mol. The molecule has 1 amide bonds. The molecule has 134 valence electrons. The summed E-state index contributed by atoms with van der Waals surface area (Å²) in [6.45, 7) is 2.01. The van der Waals surface area contributed by atoms with Crippen molar-refractivity contribution in [2.45, 2.75) is 56.8 Å². The number of carbonyl (C=O) groups is 1. The molecule has 1 aliphatic carbocycles. The van der Waals surface area contributed by atoms with E-state index in [0.717, 1.165) is 31.4 Å². The van der Waals surface area contributed by atoms with Crippen LogP contribution < -0.4 is 5.56 Å². The normalized spacial score (nSPS) is 15.4. The van der Waals surface area contributed by atoms with Crippen molar-refractivity contribution in [3.05, 3.63) is 22.9 Å². The molecule has 1 aliphatic rings.